The van der Waals surface area contributed by atoms with E-state index in [1.54, 1.807) is 11.8 Å². The molecule has 1 N–H and O–H groups in total. The summed E-state index contributed by atoms with van der Waals surface area (Å²) in [5.74, 6) is 0.816. The van der Waals surface area contributed by atoms with Gasteiger partial charge in [0.1, 0.15) is 5.82 Å². The van der Waals surface area contributed by atoms with E-state index in [1.165, 1.54) is 17.1 Å². The highest BCUT2D eigenvalue weighted by Gasteiger charge is 2.09. The summed E-state index contributed by atoms with van der Waals surface area (Å²) < 4.78 is 5.15. The van der Waals surface area contributed by atoms with Crippen LogP contribution >= 0.6 is 34.9 Å². The molecule has 0 spiro atoms. The van der Waals surface area contributed by atoms with Crippen LogP contribution in [0.4, 0.5) is 0 Å². The van der Waals surface area contributed by atoms with Crippen LogP contribution in [-0.4, -0.2) is 15.4 Å². The Kier molecular flexibility index (Phi) is 5.21. The van der Waals surface area contributed by atoms with Gasteiger partial charge < -0.3 is 5.32 Å². The second kappa shape index (κ2) is 6.70. The largest absolute Gasteiger partial charge is 0.310 e. The van der Waals surface area contributed by atoms with Crippen LogP contribution in [-0.2, 0) is 6.54 Å². The van der Waals surface area contributed by atoms with Crippen LogP contribution in [0.2, 0.25) is 5.02 Å². The zero-order valence-electron chi connectivity index (χ0n) is 11.1. The van der Waals surface area contributed by atoms with Gasteiger partial charge in [0.25, 0.3) is 0 Å². The standard InChI is InChI=1S/C13H16ClN3S2/c1-8(2)15-7-10-4-5-11(14)6-12(10)18-13-16-9(3)17-19-13/h4-6,8,15H,7H2,1-3H3. The van der Waals surface area contributed by atoms with Gasteiger partial charge in [0.05, 0.1) is 0 Å². The third kappa shape index (κ3) is 4.45. The van der Waals surface area contributed by atoms with Crippen molar-refractivity contribution in [1.82, 2.24) is 14.7 Å². The van der Waals surface area contributed by atoms with Gasteiger partial charge in [-0.2, -0.15) is 4.37 Å². The maximum Gasteiger partial charge on any atom is 0.174 e. The van der Waals surface area contributed by atoms with Gasteiger partial charge in [-0.05, 0) is 36.2 Å². The molecule has 6 heteroatoms. The first-order valence-electron chi connectivity index (χ1n) is 6.04. The number of hydrogen-bond acceptors (Lipinski definition) is 5. The average molecular weight is 314 g/mol. The van der Waals surface area contributed by atoms with E-state index in [0.29, 0.717) is 6.04 Å². The van der Waals surface area contributed by atoms with E-state index in [-0.39, 0.29) is 0 Å². The smallest absolute Gasteiger partial charge is 0.174 e. The fourth-order valence-electron chi connectivity index (χ4n) is 1.50. The average Bonchev–Trinajstić information content (AvgIpc) is 2.73. The van der Waals surface area contributed by atoms with Crippen molar-refractivity contribution in [3.05, 3.63) is 34.6 Å². The number of aromatic nitrogens is 2. The van der Waals surface area contributed by atoms with Crippen molar-refractivity contribution in [2.45, 2.75) is 42.6 Å². The van der Waals surface area contributed by atoms with Gasteiger partial charge in [-0.1, -0.05) is 43.3 Å². The molecule has 0 aliphatic heterocycles. The summed E-state index contributed by atoms with van der Waals surface area (Å²) >= 11 is 9.13. The third-order valence-electron chi connectivity index (χ3n) is 2.44. The van der Waals surface area contributed by atoms with Gasteiger partial charge in [-0.3, -0.25) is 0 Å². The lowest BCUT2D eigenvalue weighted by Crippen LogP contribution is -2.22. The Hall–Kier alpha value is -0.620. The summed E-state index contributed by atoms with van der Waals surface area (Å²) in [6.45, 7) is 7.00. The lowest BCUT2D eigenvalue weighted by atomic mass is 10.2. The minimum absolute atomic E-state index is 0.456. The maximum atomic E-state index is 6.08. The normalized spacial score (nSPS) is 11.2. The second-order valence-corrected chi connectivity index (χ2v) is 6.97. The SMILES string of the molecule is Cc1nsc(Sc2cc(Cl)ccc2CNC(C)C)n1. The highest BCUT2D eigenvalue weighted by atomic mass is 35.5. The van der Waals surface area contributed by atoms with E-state index in [9.17, 15) is 0 Å². The zero-order chi connectivity index (χ0) is 13.8. The molecule has 1 heterocycles. The number of benzene rings is 1. The summed E-state index contributed by atoms with van der Waals surface area (Å²) in [5, 5.41) is 4.17. The molecule has 0 aliphatic rings. The van der Waals surface area contributed by atoms with Gasteiger partial charge in [-0.15, -0.1) is 0 Å². The van der Waals surface area contributed by atoms with Crippen molar-refractivity contribution >= 4 is 34.9 Å². The lowest BCUT2D eigenvalue weighted by molar-refractivity contribution is 0.585. The fourth-order valence-corrected chi connectivity index (χ4v) is 3.51. The Morgan fingerprint density at radius 2 is 2.21 bits per heavy atom. The maximum absolute atomic E-state index is 6.08. The molecule has 0 bridgehead atoms. The van der Waals surface area contributed by atoms with Crippen molar-refractivity contribution in [2.75, 3.05) is 0 Å². The van der Waals surface area contributed by atoms with E-state index >= 15 is 0 Å². The molecule has 2 rings (SSSR count). The van der Waals surface area contributed by atoms with E-state index in [4.69, 9.17) is 11.6 Å². The first-order valence-corrected chi connectivity index (χ1v) is 8.01. The van der Waals surface area contributed by atoms with Gasteiger partial charge in [0.2, 0.25) is 0 Å². The molecule has 0 aliphatic carbocycles. The van der Waals surface area contributed by atoms with Crippen LogP contribution in [0.3, 0.4) is 0 Å². The molecule has 0 saturated carbocycles. The summed E-state index contributed by atoms with van der Waals surface area (Å²) in [7, 11) is 0. The summed E-state index contributed by atoms with van der Waals surface area (Å²) in [4.78, 5) is 5.51. The molecule has 0 saturated heterocycles. The molecule has 19 heavy (non-hydrogen) atoms. The van der Waals surface area contributed by atoms with Crippen LogP contribution in [0.15, 0.2) is 27.4 Å². The summed E-state index contributed by atoms with van der Waals surface area (Å²) in [6, 6.07) is 6.43. The predicted molar refractivity (Wildman–Crippen MR) is 82.2 cm³/mol. The minimum Gasteiger partial charge on any atom is -0.310 e. The number of nitrogens with one attached hydrogen (secondary N) is 1. The van der Waals surface area contributed by atoms with Gasteiger partial charge in [0.15, 0.2) is 4.34 Å². The van der Waals surface area contributed by atoms with Gasteiger partial charge in [-0.25, -0.2) is 4.98 Å². The van der Waals surface area contributed by atoms with Crippen LogP contribution in [0.5, 0.6) is 0 Å². The van der Waals surface area contributed by atoms with Crippen molar-refractivity contribution < 1.29 is 0 Å². The van der Waals surface area contributed by atoms with Crippen molar-refractivity contribution in [2.24, 2.45) is 0 Å². The summed E-state index contributed by atoms with van der Waals surface area (Å²) in [6.07, 6.45) is 0. The Morgan fingerprint density at radius 1 is 1.42 bits per heavy atom. The highest BCUT2D eigenvalue weighted by Crippen LogP contribution is 2.33. The van der Waals surface area contributed by atoms with Crippen molar-refractivity contribution in [3.8, 4) is 0 Å². The zero-order valence-corrected chi connectivity index (χ0v) is 13.5. The molecule has 0 fully saturated rings. The molecule has 3 nitrogen and oxygen atoms in total. The first kappa shape index (κ1) is 14.8. The quantitative estimate of drug-likeness (QED) is 0.900. The van der Waals surface area contributed by atoms with E-state index in [2.05, 4.69) is 34.6 Å². The molecule has 0 unspecified atom stereocenters. The number of halogens is 1. The second-order valence-electron chi connectivity index (χ2n) is 4.50. The predicted octanol–water partition coefficient (Wildman–Crippen LogP) is 4.15. The van der Waals surface area contributed by atoms with Crippen LogP contribution < -0.4 is 5.32 Å². The number of rotatable bonds is 5. The van der Waals surface area contributed by atoms with Crippen LogP contribution in [0, 0.1) is 6.92 Å². The van der Waals surface area contributed by atoms with Crippen LogP contribution in [0.1, 0.15) is 25.2 Å². The Bertz CT molecular complexity index is 555. The molecule has 1 aromatic carbocycles. The Balaban J connectivity index is 2.19. The topological polar surface area (TPSA) is 37.8 Å². The van der Waals surface area contributed by atoms with Crippen LogP contribution in [0.25, 0.3) is 0 Å². The fraction of sp³-hybridized carbons (Fsp3) is 0.385. The van der Waals surface area contributed by atoms with E-state index in [0.717, 1.165) is 26.6 Å². The molecule has 0 radical (unpaired) electrons. The molecule has 0 amide bonds. The molecular formula is C13H16ClN3S2. The number of aryl methyl sites for hydroxylation is 1. The monoisotopic (exact) mass is 313 g/mol. The first-order chi connectivity index (χ1) is 9.04. The molecule has 2 aromatic rings. The Labute approximate surface area is 127 Å². The van der Waals surface area contributed by atoms with Crippen molar-refractivity contribution in [1.29, 1.82) is 0 Å². The van der Waals surface area contributed by atoms with Gasteiger partial charge in [0, 0.05) is 22.5 Å². The summed E-state index contributed by atoms with van der Waals surface area (Å²) in [5.41, 5.74) is 1.23. The lowest BCUT2D eigenvalue weighted by Gasteiger charge is -2.11. The molecule has 1 aromatic heterocycles. The third-order valence-corrected chi connectivity index (χ3v) is 4.61. The van der Waals surface area contributed by atoms with E-state index in [1.807, 2.05) is 19.1 Å². The van der Waals surface area contributed by atoms with Gasteiger partial charge >= 0.3 is 0 Å². The number of hydrogen-bond donors (Lipinski definition) is 1. The van der Waals surface area contributed by atoms with Crippen molar-refractivity contribution in [3.63, 3.8) is 0 Å². The molecular weight excluding hydrogens is 298 g/mol. The molecule has 0 atom stereocenters. The highest BCUT2D eigenvalue weighted by molar-refractivity contribution is 8.01. The minimum atomic E-state index is 0.456. The Morgan fingerprint density at radius 3 is 2.84 bits per heavy atom. The number of nitrogens with zero attached hydrogens (tertiary/aromatic N) is 2. The van der Waals surface area contributed by atoms with E-state index < -0.39 is 0 Å². The molecule has 102 valence electrons.